The van der Waals surface area contributed by atoms with E-state index in [0.29, 0.717) is 5.92 Å². The third-order valence-electron chi connectivity index (χ3n) is 3.76. The smallest absolute Gasteiger partial charge is 0.0532 e. The van der Waals surface area contributed by atoms with Crippen LogP contribution in [-0.4, -0.2) is 9.96 Å². The Hall–Kier alpha value is -1.09. The lowest BCUT2D eigenvalue weighted by Crippen LogP contribution is -2.14. The summed E-state index contributed by atoms with van der Waals surface area (Å²) in [5.41, 5.74) is 6.53. The van der Waals surface area contributed by atoms with Gasteiger partial charge in [0.25, 0.3) is 0 Å². The van der Waals surface area contributed by atoms with E-state index >= 15 is 0 Å². The van der Waals surface area contributed by atoms with Gasteiger partial charge in [-0.1, -0.05) is 37.5 Å². The van der Waals surface area contributed by atoms with Crippen LogP contribution in [0.25, 0.3) is 0 Å². The van der Waals surface area contributed by atoms with Crippen molar-refractivity contribution in [3.05, 3.63) is 42.1 Å². The van der Waals surface area contributed by atoms with Gasteiger partial charge >= 0.3 is 0 Å². The van der Waals surface area contributed by atoms with E-state index in [2.05, 4.69) is 12.1 Å². The number of nitrogens with two attached hydrogens (primary N) is 1. The van der Waals surface area contributed by atoms with Gasteiger partial charge in [-0.05, 0) is 49.1 Å². The summed E-state index contributed by atoms with van der Waals surface area (Å²) >= 11 is 0. The van der Waals surface area contributed by atoms with Crippen molar-refractivity contribution in [1.82, 2.24) is 0 Å². The summed E-state index contributed by atoms with van der Waals surface area (Å²) < 4.78 is 12.4. The zero-order chi connectivity index (χ0) is 13.5. The molecule has 1 aromatic rings. The monoisotopic (exact) mass is 277 g/mol. The SMILES string of the molecule is N/C=C/Cc1cccc(S(=O)CC2CCCCC2)c1. The van der Waals surface area contributed by atoms with E-state index in [-0.39, 0.29) is 0 Å². The fourth-order valence-corrected chi connectivity index (χ4v) is 4.15. The zero-order valence-electron chi connectivity index (χ0n) is 11.4. The fraction of sp³-hybridized carbons (Fsp3) is 0.500. The Morgan fingerprint density at radius 2 is 2.05 bits per heavy atom. The number of hydrogen-bond acceptors (Lipinski definition) is 2. The van der Waals surface area contributed by atoms with E-state index < -0.39 is 10.8 Å². The van der Waals surface area contributed by atoms with Crippen LogP contribution in [0.5, 0.6) is 0 Å². The molecule has 0 amide bonds. The first-order valence-corrected chi connectivity index (χ1v) is 8.45. The number of benzene rings is 1. The van der Waals surface area contributed by atoms with Gasteiger partial charge in [0, 0.05) is 10.6 Å². The molecular weight excluding hydrogens is 254 g/mol. The molecule has 19 heavy (non-hydrogen) atoms. The van der Waals surface area contributed by atoms with Crippen LogP contribution in [0.2, 0.25) is 0 Å². The molecule has 1 saturated carbocycles. The molecule has 0 aromatic heterocycles. The molecule has 1 aromatic carbocycles. The molecule has 1 atom stereocenters. The van der Waals surface area contributed by atoms with E-state index in [0.717, 1.165) is 17.1 Å². The maximum Gasteiger partial charge on any atom is 0.0532 e. The minimum Gasteiger partial charge on any atom is -0.405 e. The average molecular weight is 277 g/mol. The molecular formula is C16H23NOS. The lowest BCUT2D eigenvalue weighted by Gasteiger charge is -2.20. The van der Waals surface area contributed by atoms with Crippen molar-refractivity contribution >= 4 is 10.8 Å². The number of rotatable bonds is 5. The lowest BCUT2D eigenvalue weighted by molar-refractivity contribution is 0.388. The van der Waals surface area contributed by atoms with Crippen molar-refractivity contribution in [3.63, 3.8) is 0 Å². The largest absolute Gasteiger partial charge is 0.405 e. The van der Waals surface area contributed by atoms with Crippen molar-refractivity contribution in [2.24, 2.45) is 11.7 Å². The van der Waals surface area contributed by atoms with Gasteiger partial charge in [-0.2, -0.15) is 0 Å². The van der Waals surface area contributed by atoms with E-state index in [4.69, 9.17) is 5.73 Å². The van der Waals surface area contributed by atoms with Crippen LogP contribution in [0.4, 0.5) is 0 Å². The number of allylic oxidation sites excluding steroid dienone is 1. The quantitative estimate of drug-likeness (QED) is 0.896. The molecule has 0 bridgehead atoms. The lowest BCUT2D eigenvalue weighted by atomic mass is 9.91. The topological polar surface area (TPSA) is 43.1 Å². The molecule has 0 radical (unpaired) electrons. The standard InChI is InChI=1S/C16H23NOS/c17-11-5-9-14-8-4-10-16(12-14)19(18)13-15-6-2-1-3-7-15/h4-5,8,10-12,15H,1-3,6-7,9,13,17H2/b11-5+. The first kappa shape index (κ1) is 14.3. The highest BCUT2D eigenvalue weighted by molar-refractivity contribution is 7.85. The molecule has 2 rings (SSSR count). The molecule has 2 nitrogen and oxygen atoms in total. The molecule has 3 heteroatoms. The highest BCUT2D eigenvalue weighted by Gasteiger charge is 2.17. The second-order valence-corrected chi connectivity index (χ2v) is 6.79. The van der Waals surface area contributed by atoms with Gasteiger partial charge in [-0.15, -0.1) is 0 Å². The summed E-state index contributed by atoms with van der Waals surface area (Å²) in [6.07, 6.45) is 10.8. The predicted molar refractivity (Wildman–Crippen MR) is 81.3 cm³/mol. The first-order chi connectivity index (χ1) is 9.29. The minimum atomic E-state index is -0.852. The summed E-state index contributed by atoms with van der Waals surface area (Å²) in [6, 6.07) is 8.09. The maximum atomic E-state index is 12.4. The van der Waals surface area contributed by atoms with Crippen LogP contribution in [0.1, 0.15) is 37.7 Å². The molecule has 1 unspecified atom stereocenters. The van der Waals surface area contributed by atoms with Crippen LogP contribution >= 0.6 is 0 Å². The van der Waals surface area contributed by atoms with Crippen LogP contribution in [0.15, 0.2) is 41.4 Å². The third kappa shape index (κ3) is 4.50. The average Bonchev–Trinajstić information content (AvgIpc) is 2.46. The number of hydrogen-bond donors (Lipinski definition) is 1. The molecule has 0 aliphatic heterocycles. The molecule has 1 fully saturated rings. The van der Waals surface area contributed by atoms with E-state index in [1.54, 1.807) is 6.20 Å². The molecule has 0 saturated heterocycles. The predicted octanol–water partition coefficient (Wildman–Crippen LogP) is 3.39. The van der Waals surface area contributed by atoms with E-state index in [9.17, 15) is 4.21 Å². The maximum absolute atomic E-state index is 12.4. The Bertz CT molecular complexity index is 450. The Balaban J connectivity index is 1.97. The Kier molecular flexibility index (Phi) is 5.64. The van der Waals surface area contributed by atoms with Crippen molar-refractivity contribution in [2.75, 3.05) is 5.75 Å². The summed E-state index contributed by atoms with van der Waals surface area (Å²) in [7, 11) is -0.852. The highest BCUT2D eigenvalue weighted by atomic mass is 32.2. The highest BCUT2D eigenvalue weighted by Crippen LogP contribution is 2.25. The zero-order valence-corrected chi connectivity index (χ0v) is 12.2. The summed E-state index contributed by atoms with van der Waals surface area (Å²) in [6.45, 7) is 0. The van der Waals surface area contributed by atoms with Crippen molar-refractivity contribution < 1.29 is 4.21 Å². The van der Waals surface area contributed by atoms with Crippen LogP contribution in [0, 0.1) is 5.92 Å². The summed E-state index contributed by atoms with van der Waals surface area (Å²) in [5.74, 6) is 1.48. The van der Waals surface area contributed by atoms with E-state index in [1.807, 2.05) is 18.2 Å². The van der Waals surface area contributed by atoms with Crippen LogP contribution in [-0.2, 0) is 17.2 Å². The molecule has 0 heterocycles. The second kappa shape index (κ2) is 7.49. The second-order valence-electron chi connectivity index (χ2n) is 5.30. The van der Waals surface area contributed by atoms with Gasteiger partial charge in [0.15, 0.2) is 0 Å². The van der Waals surface area contributed by atoms with Crippen molar-refractivity contribution in [1.29, 1.82) is 0 Å². The molecule has 1 aliphatic carbocycles. The van der Waals surface area contributed by atoms with Crippen LogP contribution in [0.3, 0.4) is 0 Å². The fourth-order valence-electron chi connectivity index (χ4n) is 2.68. The van der Waals surface area contributed by atoms with Crippen LogP contribution < -0.4 is 5.73 Å². The van der Waals surface area contributed by atoms with Gasteiger partial charge in [-0.25, -0.2) is 0 Å². The van der Waals surface area contributed by atoms with Gasteiger partial charge in [0.2, 0.25) is 0 Å². The van der Waals surface area contributed by atoms with Crippen molar-refractivity contribution in [3.8, 4) is 0 Å². The third-order valence-corrected chi connectivity index (χ3v) is 5.32. The minimum absolute atomic E-state index is 0.655. The van der Waals surface area contributed by atoms with Crippen molar-refractivity contribution in [2.45, 2.75) is 43.4 Å². The summed E-state index contributed by atoms with van der Waals surface area (Å²) in [4.78, 5) is 0.966. The molecule has 2 N–H and O–H groups in total. The van der Waals surface area contributed by atoms with Gasteiger partial charge in [0.1, 0.15) is 0 Å². The summed E-state index contributed by atoms with van der Waals surface area (Å²) in [5, 5.41) is 0. The first-order valence-electron chi connectivity index (χ1n) is 7.13. The molecule has 1 aliphatic rings. The van der Waals surface area contributed by atoms with Gasteiger partial charge in [0.05, 0.1) is 10.8 Å². The Morgan fingerprint density at radius 3 is 2.79 bits per heavy atom. The normalized spacial score (nSPS) is 18.7. The Morgan fingerprint density at radius 1 is 1.26 bits per heavy atom. The molecule has 104 valence electrons. The van der Waals surface area contributed by atoms with E-state index in [1.165, 1.54) is 37.7 Å². The molecule has 0 spiro atoms. The Labute approximate surface area is 118 Å². The van der Waals surface area contributed by atoms with Gasteiger partial charge < -0.3 is 5.73 Å². The van der Waals surface area contributed by atoms with Gasteiger partial charge in [-0.3, -0.25) is 4.21 Å².